The Morgan fingerprint density at radius 3 is 2.30 bits per heavy atom. The number of phenols is 1. The molecule has 0 aromatic heterocycles. The Labute approximate surface area is 119 Å². The number of ether oxygens (including phenoxy) is 1. The summed E-state index contributed by atoms with van der Waals surface area (Å²) in [6, 6.07) is 8.88. The summed E-state index contributed by atoms with van der Waals surface area (Å²) in [5, 5.41) is 9.78. The summed E-state index contributed by atoms with van der Waals surface area (Å²) in [4.78, 5) is 0. The summed E-state index contributed by atoms with van der Waals surface area (Å²) >= 11 is 0. The number of rotatable bonds is 3. The van der Waals surface area contributed by atoms with Crippen LogP contribution in [0, 0.1) is 13.8 Å². The quantitative estimate of drug-likeness (QED) is 0.811. The second-order valence-electron chi connectivity index (χ2n) is 5.05. The van der Waals surface area contributed by atoms with Gasteiger partial charge in [-0.2, -0.15) is 0 Å². The van der Waals surface area contributed by atoms with E-state index in [-0.39, 0.29) is 5.75 Å². The Kier molecular flexibility index (Phi) is 3.70. The molecule has 0 unspecified atom stereocenters. The molecule has 0 bridgehead atoms. The molecule has 0 aliphatic carbocycles. The molecule has 2 rings (SSSR count). The first kappa shape index (κ1) is 14.0. The van der Waals surface area contributed by atoms with E-state index in [2.05, 4.69) is 6.58 Å². The van der Waals surface area contributed by atoms with Gasteiger partial charge in [0.2, 0.25) is 0 Å². The second-order valence-corrected chi connectivity index (χ2v) is 5.05. The van der Waals surface area contributed by atoms with Gasteiger partial charge < -0.3 is 15.6 Å². The normalized spacial score (nSPS) is 10.3. The molecule has 0 aliphatic heterocycles. The number of anilines is 1. The topological polar surface area (TPSA) is 55.5 Å². The van der Waals surface area contributed by atoms with Crippen LogP contribution in [0.4, 0.5) is 5.69 Å². The van der Waals surface area contributed by atoms with Gasteiger partial charge in [0.25, 0.3) is 0 Å². The molecular weight excluding hydrogens is 250 g/mol. The van der Waals surface area contributed by atoms with Crippen molar-refractivity contribution in [1.29, 1.82) is 0 Å². The third-order valence-corrected chi connectivity index (χ3v) is 3.13. The summed E-state index contributed by atoms with van der Waals surface area (Å²) in [6.45, 7) is 9.61. The van der Waals surface area contributed by atoms with Crippen LogP contribution in [0.1, 0.15) is 23.6 Å². The summed E-state index contributed by atoms with van der Waals surface area (Å²) in [5.74, 6) is 1.66. The number of nitrogens with two attached hydrogens (primary N) is 1. The average molecular weight is 269 g/mol. The van der Waals surface area contributed by atoms with Crippen molar-refractivity contribution in [2.45, 2.75) is 20.8 Å². The maximum atomic E-state index is 9.78. The smallest absolute Gasteiger partial charge is 0.133 e. The molecule has 0 saturated heterocycles. The second kappa shape index (κ2) is 5.29. The summed E-state index contributed by atoms with van der Waals surface area (Å²) in [5.41, 5.74) is 9.96. The average Bonchev–Trinajstić information content (AvgIpc) is 2.35. The lowest BCUT2D eigenvalue weighted by atomic mass is 10.1. The van der Waals surface area contributed by atoms with Crippen LogP contribution in [0.5, 0.6) is 17.2 Å². The molecule has 2 aromatic carbocycles. The van der Waals surface area contributed by atoms with Crippen molar-refractivity contribution in [1.82, 2.24) is 0 Å². The van der Waals surface area contributed by atoms with E-state index in [9.17, 15) is 5.11 Å². The zero-order chi connectivity index (χ0) is 14.9. The molecule has 0 saturated carbocycles. The predicted octanol–water partition coefficient (Wildman–Crippen LogP) is 4.42. The molecule has 20 heavy (non-hydrogen) atoms. The van der Waals surface area contributed by atoms with Gasteiger partial charge in [-0.1, -0.05) is 6.58 Å². The summed E-state index contributed by atoms with van der Waals surface area (Å²) in [7, 11) is 0. The van der Waals surface area contributed by atoms with Crippen molar-refractivity contribution < 1.29 is 9.84 Å². The highest BCUT2D eigenvalue weighted by Crippen LogP contribution is 2.34. The Bertz CT molecular complexity index is 652. The fraction of sp³-hybridized carbons (Fsp3) is 0.176. The van der Waals surface area contributed by atoms with Crippen LogP contribution in [0.25, 0.3) is 5.57 Å². The molecule has 0 spiro atoms. The Morgan fingerprint density at radius 1 is 1.15 bits per heavy atom. The minimum atomic E-state index is 0.204. The molecule has 104 valence electrons. The van der Waals surface area contributed by atoms with Gasteiger partial charge in [-0.25, -0.2) is 0 Å². The number of nitrogen functional groups attached to an aromatic ring is 1. The largest absolute Gasteiger partial charge is 0.507 e. The number of hydrogen-bond acceptors (Lipinski definition) is 3. The predicted molar refractivity (Wildman–Crippen MR) is 83.2 cm³/mol. The molecule has 0 atom stereocenters. The first-order valence-electron chi connectivity index (χ1n) is 6.42. The van der Waals surface area contributed by atoms with Crippen LogP contribution in [0.15, 0.2) is 36.9 Å². The van der Waals surface area contributed by atoms with Crippen LogP contribution >= 0.6 is 0 Å². The van der Waals surface area contributed by atoms with E-state index < -0.39 is 0 Å². The Hall–Kier alpha value is -2.42. The third kappa shape index (κ3) is 2.77. The molecule has 0 radical (unpaired) electrons. The first-order chi connectivity index (χ1) is 9.38. The summed E-state index contributed by atoms with van der Waals surface area (Å²) in [6.07, 6.45) is 0. The number of aryl methyl sites for hydroxylation is 2. The minimum absolute atomic E-state index is 0.204. The highest BCUT2D eigenvalue weighted by molar-refractivity contribution is 5.68. The summed E-state index contributed by atoms with van der Waals surface area (Å²) < 4.78 is 5.93. The fourth-order valence-corrected chi connectivity index (χ4v) is 2.18. The van der Waals surface area contributed by atoms with Crippen molar-refractivity contribution in [2.24, 2.45) is 0 Å². The van der Waals surface area contributed by atoms with E-state index in [1.165, 1.54) is 0 Å². The SMILES string of the molecule is C=C(C)c1cc(Oc2c(C)cc(N)cc2C)ccc1O. The van der Waals surface area contributed by atoms with Crippen LogP contribution < -0.4 is 10.5 Å². The van der Waals surface area contributed by atoms with E-state index in [0.717, 1.165) is 28.1 Å². The lowest BCUT2D eigenvalue weighted by Crippen LogP contribution is -1.95. The molecule has 3 N–H and O–H groups in total. The van der Waals surface area contributed by atoms with Crippen LogP contribution in [-0.2, 0) is 0 Å². The van der Waals surface area contributed by atoms with Gasteiger partial charge in [0.05, 0.1) is 0 Å². The van der Waals surface area contributed by atoms with Gasteiger partial charge in [-0.3, -0.25) is 0 Å². The molecular formula is C17H19NO2. The van der Waals surface area contributed by atoms with Gasteiger partial charge >= 0.3 is 0 Å². The van der Waals surface area contributed by atoms with Gasteiger partial charge in [0, 0.05) is 11.3 Å². The van der Waals surface area contributed by atoms with E-state index in [1.54, 1.807) is 18.2 Å². The molecule has 2 aromatic rings. The van der Waals surface area contributed by atoms with Gasteiger partial charge in [0.1, 0.15) is 17.2 Å². The molecule has 0 heterocycles. The molecule has 0 fully saturated rings. The van der Waals surface area contributed by atoms with Crippen molar-refractivity contribution in [3.05, 3.63) is 53.6 Å². The van der Waals surface area contributed by atoms with Crippen LogP contribution in [0.2, 0.25) is 0 Å². The van der Waals surface area contributed by atoms with E-state index in [0.29, 0.717) is 11.3 Å². The maximum Gasteiger partial charge on any atom is 0.133 e. The maximum absolute atomic E-state index is 9.78. The monoisotopic (exact) mass is 269 g/mol. The fourth-order valence-electron chi connectivity index (χ4n) is 2.18. The molecule has 0 aliphatic rings. The highest BCUT2D eigenvalue weighted by atomic mass is 16.5. The zero-order valence-corrected chi connectivity index (χ0v) is 12.0. The lowest BCUT2D eigenvalue weighted by Gasteiger charge is -2.14. The van der Waals surface area contributed by atoms with Crippen LogP contribution in [0.3, 0.4) is 0 Å². The van der Waals surface area contributed by atoms with Crippen LogP contribution in [-0.4, -0.2) is 5.11 Å². The van der Waals surface area contributed by atoms with Crippen molar-refractivity contribution >= 4 is 11.3 Å². The van der Waals surface area contributed by atoms with Gasteiger partial charge in [-0.05, 0) is 67.8 Å². The standard InChI is InChI=1S/C17H19NO2/c1-10(2)15-9-14(5-6-16(15)19)20-17-11(3)7-13(18)8-12(17)4/h5-9,19H,1,18H2,2-4H3. The zero-order valence-electron chi connectivity index (χ0n) is 12.0. The minimum Gasteiger partial charge on any atom is -0.507 e. The Morgan fingerprint density at radius 2 is 1.75 bits per heavy atom. The molecule has 3 heteroatoms. The van der Waals surface area contributed by atoms with Gasteiger partial charge in [0.15, 0.2) is 0 Å². The third-order valence-electron chi connectivity index (χ3n) is 3.13. The van der Waals surface area contributed by atoms with E-state index in [4.69, 9.17) is 10.5 Å². The number of hydrogen-bond donors (Lipinski definition) is 2. The molecule has 3 nitrogen and oxygen atoms in total. The number of allylic oxidation sites excluding steroid dienone is 1. The highest BCUT2D eigenvalue weighted by Gasteiger charge is 2.09. The number of aromatic hydroxyl groups is 1. The number of benzene rings is 2. The first-order valence-corrected chi connectivity index (χ1v) is 6.42. The van der Waals surface area contributed by atoms with Crippen molar-refractivity contribution in [2.75, 3.05) is 5.73 Å². The van der Waals surface area contributed by atoms with Crippen molar-refractivity contribution in [3.63, 3.8) is 0 Å². The van der Waals surface area contributed by atoms with E-state index in [1.807, 2.05) is 32.9 Å². The van der Waals surface area contributed by atoms with Crippen molar-refractivity contribution in [3.8, 4) is 17.2 Å². The molecule has 0 amide bonds. The Balaban J connectivity index is 2.41. The van der Waals surface area contributed by atoms with Gasteiger partial charge in [-0.15, -0.1) is 0 Å². The van der Waals surface area contributed by atoms with E-state index >= 15 is 0 Å². The number of phenolic OH excluding ortho intramolecular Hbond substituents is 1. The lowest BCUT2D eigenvalue weighted by molar-refractivity contribution is 0.460.